The number of rotatable bonds is 4. The van der Waals surface area contributed by atoms with Gasteiger partial charge >= 0.3 is 0 Å². The van der Waals surface area contributed by atoms with Gasteiger partial charge in [-0.3, -0.25) is 0 Å². The molecule has 0 saturated carbocycles. The van der Waals surface area contributed by atoms with Gasteiger partial charge in [0.05, 0.1) is 0 Å². The third-order valence-electron chi connectivity index (χ3n) is 1.03. The van der Waals surface area contributed by atoms with Crippen molar-refractivity contribution in [3.05, 3.63) is 0 Å². The van der Waals surface area contributed by atoms with E-state index in [9.17, 15) is 0 Å². The molecule has 0 fully saturated rings. The fraction of sp³-hybridized carbons (Fsp3) is 1.00. The summed E-state index contributed by atoms with van der Waals surface area (Å²) < 4.78 is 5.35. The van der Waals surface area contributed by atoms with Crippen molar-refractivity contribution in [2.24, 2.45) is 0 Å². The van der Waals surface area contributed by atoms with Crippen LogP contribution in [0, 0.1) is 0 Å². The minimum atomic E-state index is 0.410. The SMILES string of the molecule is COCCCSC(C)(C)C. The molecular formula is C8H18OS. The fourth-order valence-corrected chi connectivity index (χ4v) is 1.46. The molecule has 10 heavy (non-hydrogen) atoms. The molecule has 0 unspecified atom stereocenters. The van der Waals surface area contributed by atoms with E-state index in [1.807, 2.05) is 11.8 Å². The quantitative estimate of drug-likeness (QED) is 0.588. The molecule has 62 valence electrons. The van der Waals surface area contributed by atoms with Gasteiger partial charge in [-0.05, 0) is 12.2 Å². The summed E-state index contributed by atoms with van der Waals surface area (Å²) in [5.74, 6) is 1.21. The highest BCUT2D eigenvalue weighted by Gasteiger charge is 2.08. The average Bonchev–Trinajstić information content (AvgIpc) is 1.78. The molecule has 0 N–H and O–H groups in total. The van der Waals surface area contributed by atoms with Crippen molar-refractivity contribution < 1.29 is 4.74 Å². The summed E-state index contributed by atoms with van der Waals surface area (Å²) in [7, 11) is 1.75. The van der Waals surface area contributed by atoms with Crippen molar-refractivity contribution >= 4 is 11.8 Å². The maximum absolute atomic E-state index is 4.94. The van der Waals surface area contributed by atoms with Gasteiger partial charge in [0, 0.05) is 18.5 Å². The molecule has 0 atom stereocenters. The highest BCUT2D eigenvalue weighted by atomic mass is 32.2. The summed E-state index contributed by atoms with van der Waals surface area (Å²) in [6.07, 6.45) is 1.17. The van der Waals surface area contributed by atoms with E-state index in [1.165, 1.54) is 12.2 Å². The van der Waals surface area contributed by atoms with Crippen molar-refractivity contribution in [2.45, 2.75) is 31.9 Å². The van der Waals surface area contributed by atoms with Crippen LogP contribution in [0.1, 0.15) is 27.2 Å². The Balaban J connectivity index is 3.04. The van der Waals surface area contributed by atoms with Crippen LogP contribution < -0.4 is 0 Å². The molecule has 0 spiro atoms. The molecule has 0 bridgehead atoms. The van der Waals surface area contributed by atoms with E-state index < -0.39 is 0 Å². The lowest BCUT2D eigenvalue weighted by atomic mass is 10.3. The predicted molar refractivity (Wildman–Crippen MR) is 48.7 cm³/mol. The number of methoxy groups -OCH3 is 1. The van der Waals surface area contributed by atoms with Gasteiger partial charge in [0.15, 0.2) is 0 Å². The zero-order valence-corrected chi connectivity index (χ0v) is 8.25. The zero-order valence-electron chi connectivity index (χ0n) is 7.44. The first-order valence-corrected chi connectivity index (χ1v) is 4.68. The summed E-state index contributed by atoms with van der Waals surface area (Å²) in [6, 6.07) is 0. The van der Waals surface area contributed by atoms with Crippen molar-refractivity contribution in [3.63, 3.8) is 0 Å². The first-order chi connectivity index (χ1) is 4.56. The first kappa shape index (κ1) is 10.3. The van der Waals surface area contributed by atoms with Crippen LogP contribution in [0.2, 0.25) is 0 Å². The summed E-state index contributed by atoms with van der Waals surface area (Å²) >= 11 is 1.99. The van der Waals surface area contributed by atoms with E-state index in [-0.39, 0.29) is 0 Å². The van der Waals surface area contributed by atoms with Gasteiger partial charge in [0.25, 0.3) is 0 Å². The summed E-state index contributed by atoms with van der Waals surface area (Å²) in [5.41, 5.74) is 0. The standard InChI is InChI=1S/C8H18OS/c1-8(2,3)10-7-5-6-9-4/h5-7H2,1-4H3. The van der Waals surface area contributed by atoms with Crippen LogP contribution in [0.25, 0.3) is 0 Å². The summed E-state index contributed by atoms with van der Waals surface area (Å²) in [4.78, 5) is 0. The second-order valence-corrected chi connectivity index (χ2v) is 5.23. The monoisotopic (exact) mass is 162 g/mol. The highest BCUT2D eigenvalue weighted by molar-refractivity contribution is 8.00. The number of ether oxygens (including phenoxy) is 1. The molecular weight excluding hydrogens is 144 g/mol. The van der Waals surface area contributed by atoms with Crippen LogP contribution in [0.5, 0.6) is 0 Å². The van der Waals surface area contributed by atoms with E-state index in [2.05, 4.69) is 20.8 Å². The maximum Gasteiger partial charge on any atom is 0.0470 e. The molecule has 1 nitrogen and oxygen atoms in total. The molecule has 0 aromatic heterocycles. The minimum Gasteiger partial charge on any atom is -0.385 e. The van der Waals surface area contributed by atoms with Crippen molar-refractivity contribution in [3.8, 4) is 0 Å². The first-order valence-electron chi connectivity index (χ1n) is 3.69. The van der Waals surface area contributed by atoms with Crippen molar-refractivity contribution in [1.82, 2.24) is 0 Å². The van der Waals surface area contributed by atoms with Crippen LogP contribution in [0.4, 0.5) is 0 Å². The lowest BCUT2D eigenvalue weighted by Crippen LogP contribution is -2.08. The molecule has 0 aliphatic rings. The zero-order chi connectivity index (χ0) is 8.04. The van der Waals surface area contributed by atoms with Crippen molar-refractivity contribution in [1.29, 1.82) is 0 Å². The normalized spacial score (nSPS) is 12.0. The Morgan fingerprint density at radius 2 is 1.90 bits per heavy atom. The third kappa shape index (κ3) is 8.31. The van der Waals surface area contributed by atoms with E-state index in [0.29, 0.717) is 4.75 Å². The molecule has 0 aliphatic heterocycles. The van der Waals surface area contributed by atoms with Gasteiger partial charge in [0.2, 0.25) is 0 Å². The Kier molecular flexibility index (Phi) is 5.18. The fourth-order valence-electron chi connectivity index (χ4n) is 0.582. The third-order valence-corrected chi connectivity index (χ3v) is 2.39. The van der Waals surface area contributed by atoms with E-state index in [0.717, 1.165) is 6.61 Å². The van der Waals surface area contributed by atoms with Crippen molar-refractivity contribution in [2.75, 3.05) is 19.5 Å². The van der Waals surface area contributed by atoms with Crippen LogP contribution in [0.15, 0.2) is 0 Å². The molecule has 2 heteroatoms. The van der Waals surface area contributed by atoms with Crippen LogP contribution in [-0.2, 0) is 4.74 Å². The molecule has 0 aromatic carbocycles. The van der Waals surface area contributed by atoms with Crippen LogP contribution >= 0.6 is 11.8 Å². The molecule has 0 heterocycles. The van der Waals surface area contributed by atoms with E-state index in [1.54, 1.807) is 7.11 Å². The molecule has 0 rings (SSSR count). The highest BCUT2D eigenvalue weighted by Crippen LogP contribution is 2.23. The molecule has 0 radical (unpaired) electrons. The molecule has 0 amide bonds. The predicted octanol–water partition coefficient (Wildman–Crippen LogP) is 2.55. The van der Waals surface area contributed by atoms with Gasteiger partial charge in [-0.2, -0.15) is 11.8 Å². The number of hydrogen-bond donors (Lipinski definition) is 0. The maximum atomic E-state index is 4.94. The van der Waals surface area contributed by atoms with E-state index in [4.69, 9.17) is 4.74 Å². The Bertz CT molecular complexity index is 75.8. The second kappa shape index (κ2) is 5.03. The minimum absolute atomic E-state index is 0.410. The van der Waals surface area contributed by atoms with Gasteiger partial charge in [-0.15, -0.1) is 0 Å². The smallest absolute Gasteiger partial charge is 0.0470 e. The van der Waals surface area contributed by atoms with Gasteiger partial charge < -0.3 is 4.74 Å². The Labute approximate surface area is 68.5 Å². The Hall–Kier alpha value is 0.310. The number of hydrogen-bond acceptors (Lipinski definition) is 2. The van der Waals surface area contributed by atoms with Gasteiger partial charge in [0.1, 0.15) is 0 Å². The average molecular weight is 162 g/mol. The number of thioether (sulfide) groups is 1. The molecule has 0 aliphatic carbocycles. The van der Waals surface area contributed by atoms with Crippen LogP contribution in [0.3, 0.4) is 0 Å². The summed E-state index contributed by atoms with van der Waals surface area (Å²) in [5, 5.41) is 0. The molecule has 0 aromatic rings. The largest absolute Gasteiger partial charge is 0.385 e. The Morgan fingerprint density at radius 3 is 2.30 bits per heavy atom. The van der Waals surface area contributed by atoms with Crippen LogP contribution in [-0.4, -0.2) is 24.2 Å². The van der Waals surface area contributed by atoms with Gasteiger partial charge in [-0.25, -0.2) is 0 Å². The van der Waals surface area contributed by atoms with Gasteiger partial charge in [-0.1, -0.05) is 20.8 Å². The lowest BCUT2D eigenvalue weighted by molar-refractivity contribution is 0.200. The Morgan fingerprint density at radius 1 is 1.30 bits per heavy atom. The lowest BCUT2D eigenvalue weighted by Gasteiger charge is -2.16. The summed E-state index contributed by atoms with van der Waals surface area (Å²) in [6.45, 7) is 7.61. The van der Waals surface area contributed by atoms with E-state index >= 15 is 0 Å². The molecule has 0 saturated heterocycles. The topological polar surface area (TPSA) is 9.23 Å². The second-order valence-electron chi connectivity index (χ2n) is 3.31.